The zero-order valence-electron chi connectivity index (χ0n) is 17.7. The van der Waals surface area contributed by atoms with Crippen LogP contribution in [0.3, 0.4) is 0 Å². The van der Waals surface area contributed by atoms with Crippen LogP contribution in [-0.2, 0) is 4.84 Å². The van der Waals surface area contributed by atoms with E-state index in [1.807, 2.05) is 0 Å². The summed E-state index contributed by atoms with van der Waals surface area (Å²) in [6, 6.07) is 0. The lowest BCUT2D eigenvalue weighted by Gasteiger charge is -2.48. The second-order valence-corrected chi connectivity index (χ2v) is 8.71. The molecule has 1 fully saturated rings. The van der Waals surface area contributed by atoms with Gasteiger partial charge in [-0.3, -0.25) is 4.84 Å². The first-order chi connectivity index (χ1) is 12.0. The minimum atomic E-state index is 0.174. The summed E-state index contributed by atoms with van der Waals surface area (Å²) in [5.74, 6) is 0.758. The minimum Gasteiger partial charge on any atom is -0.296 e. The van der Waals surface area contributed by atoms with Crippen LogP contribution in [0.4, 0.5) is 0 Å². The van der Waals surface area contributed by atoms with E-state index in [4.69, 9.17) is 4.84 Å². The van der Waals surface area contributed by atoms with Crippen LogP contribution in [0.1, 0.15) is 118 Å². The maximum absolute atomic E-state index is 5.65. The molecule has 0 bridgehead atoms. The number of hydrogen-bond donors (Lipinski definition) is 1. The maximum Gasteiger partial charge on any atom is 0.0994 e. The smallest absolute Gasteiger partial charge is 0.0994 e. The van der Waals surface area contributed by atoms with Crippen LogP contribution < -0.4 is 5.48 Å². The lowest BCUT2D eigenvalue weighted by atomic mass is 9.80. The maximum atomic E-state index is 5.65. The van der Waals surface area contributed by atoms with Gasteiger partial charge in [-0.05, 0) is 44.9 Å². The van der Waals surface area contributed by atoms with Gasteiger partial charge < -0.3 is 0 Å². The van der Waals surface area contributed by atoms with Crippen LogP contribution in [0.5, 0.6) is 0 Å². The third-order valence-electron chi connectivity index (χ3n) is 6.01. The van der Waals surface area contributed by atoms with Gasteiger partial charge in [-0.1, -0.05) is 90.7 Å². The van der Waals surface area contributed by atoms with Gasteiger partial charge in [-0.2, -0.15) is 5.48 Å². The predicted octanol–water partition coefficient (Wildman–Crippen LogP) is 7.34. The molecule has 25 heavy (non-hydrogen) atoms. The van der Waals surface area contributed by atoms with E-state index < -0.39 is 0 Å². The van der Waals surface area contributed by atoms with Gasteiger partial charge in [0.2, 0.25) is 0 Å². The standard InChI is InChI=1S/C23H45NO/c1-6-8-9-10-11-12-13-14-15-16-21(4)17-18-22-23(5,24-25-22)19-20(3)7-2/h20,22,24H,4,6-19H2,1-3,5H3. The SMILES string of the molecule is C=C(CCCCCCCCCCC)CCC1ONC1(C)CC(C)CC. The Kier molecular flexibility index (Phi) is 11.7. The van der Waals surface area contributed by atoms with Crippen LogP contribution in [-0.4, -0.2) is 11.6 Å². The van der Waals surface area contributed by atoms with Crippen molar-refractivity contribution in [1.29, 1.82) is 0 Å². The number of nitrogens with one attached hydrogen (secondary N) is 1. The Balaban J connectivity index is 2.00. The van der Waals surface area contributed by atoms with Crippen LogP contribution >= 0.6 is 0 Å². The molecule has 0 aromatic carbocycles. The van der Waals surface area contributed by atoms with E-state index in [-0.39, 0.29) is 5.54 Å². The third kappa shape index (κ3) is 9.24. The summed E-state index contributed by atoms with van der Waals surface area (Å²) >= 11 is 0. The van der Waals surface area contributed by atoms with E-state index in [9.17, 15) is 0 Å². The number of unbranched alkanes of at least 4 members (excludes halogenated alkanes) is 8. The van der Waals surface area contributed by atoms with E-state index in [2.05, 4.69) is 39.8 Å². The predicted molar refractivity (Wildman–Crippen MR) is 111 cm³/mol. The van der Waals surface area contributed by atoms with Gasteiger partial charge in [-0.25, -0.2) is 0 Å². The van der Waals surface area contributed by atoms with Crippen molar-refractivity contribution in [2.45, 2.75) is 129 Å². The van der Waals surface area contributed by atoms with Crippen LogP contribution in [0.15, 0.2) is 12.2 Å². The summed E-state index contributed by atoms with van der Waals surface area (Å²) in [7, 11) is 0. The Morgan fingerprint density at radius 1 is 1.00 bits per heavy atom. The quantitative estimate of drug-likeness (QED) is 0.232. The van der Waals surface area contributed by atoms with Gasteiger partial charge in [-0.15, -0.1) is 0 Å². The highest BCUT2D eigenvalue weighted by atomic mass is 16.7. The molecule has 1 saturated heterocycles. The van der Waals surface area contributed by atoms with Crippen molar-refractivity contribution in [1.82, 2.24) is 5.48 Å². The Bertz CT molecular complexity index is 354. The lowest BCUT2D eigenvalue weighted by molar-refractivity contribution is -0.226. The van der Waals surface area contributed by atoms with Crippen LogP contribution in [0, 0.1) is 5.92 Å². The Morgan fingerprint density at radius 3 is 2.12 bits per heavy atom. The van der Waals surface area contributed by atoms with Crippen molar-refractivity contribution in [2.75, 3.05) is 0 Å². The molecule has 148 valence electrons. The molecule has 0 spiro atoms. The average molecular weight is 352 g/mol. The molecule has 3 atom stereocenters. The summed E-state index contributed by atoms with van der Waals surface area (Å²) in [5.41, 5.74) is 4.81. The molecule has 1 N–H and O–H groups in total. The van der Waals surface area contributed by atoms with Crippen molar-refractivity contribution in [2.24, 2.45) is 5.92 Å². The average Bonchev–Trinajstić information content (AvgIpc) is 2.59. The van der Waals surface area contributed by atoms with Gasteiger partial charge in [0.1, 0.15) is 0 Å². The Labute approximate surface area is 158 Å². The highest BCUT2D eigenvalue weighted by Gasteiger charge is 2.44. The number of rotatable bonds is 16. The molecule has 0 radical (unpaired) electrons. The minimum absolute atomic E-state index is 0.174. The van der Waals surface area contributed by atoms with Crippen molar-refractivity contribution in [3.8, 4) is 0 Å². The van der Waals surface area contributed by atoms with Crippen molar-refractivity contribution >= 4 is 0 Å². The lowest BCUT2D eigenvalue weighted by Crippen LogP contribution is -2.65. The van der Waals surface area contributed by atoms with Gasteiger partial charge in [0.05, 0.1) is 11.6 Å². The fraction of sp³-hybridized carbons (Fsp3) is 0.913. The number of hydroxylamine groups is 1. The zero-order chi connectivity index (χ0) is 18.5. The first-order valence-electron chi connectivity index (χ1n) is 11.1. The van der Waals surface area contributed by atoms with Gasteiger partial charge >= 0.3 is 0 Å². The third-order valence-corrected chi connectivity index (χ3v) is 6.01. The summed E-state index contributed by atoms with van der Waals surface area (Å²) in [6.07, 6.45) is 18.9. The fourth-order valence-electron chi connectivity index (χ4n) is 3.91. The topological polar surface area (TPSA) is 21.3 Å². The molecule has 2 nitrogen and oxygen atoms in total. The monoisotopic (exact) mass is 351 g/mol. The molecular weight excluding hydrogens is 306 g/mol. The second-order valence-electron chi connectivity index (χ2n) is 8.71. The zero-order valence-corrected chi connectivity index (χ0v) is 17.7. The van der Waals surface area contributed by atoms with Gasteiger partial charge in [0, 0.05) is 0 Å². The van der Waals surface area contributed by atoms with E-state index in [0.717, 1.165) is 18.8 Å². The highest BCUT2D eigenvalue weighted by molar-refractivity contribution is 5.00. The van der Waals surface area contributed by atoms with E-state index in [1.165, 1.54) is 82.6 Å². The summed E-state index contributed by atoms with van der Waals surface area (Å²) < 4.78 is 0. The molecule has 0 saturated carbocycles. The molecule has 0 aromatic heterocycles. The summed E-state index contributed by atoms with van der Waals surface area (Å²) in [4.78, 5) is 5.65. The Morgan fingerprint density at radius 2 is 1.60 bits per heavy atom. The molecule has 0 aromatic rings. The van der Waals surface area contributed by atoms with E-state index >= 15 is 0 Å². The second kappa shape index (κ2) is 12.9. The van der Waals surface area contributed by atoms with Crippen LogP contribution in [0.25, 0.3) is 0 Å². The van der Waals surface area contributed by atoms with Crippen molar-refractivity contribution in [3.05, 3.63) is 12.2 Å². The van der Waals surface area contributed by atoms with Crippen molar-refractivity contribution < 1.29 is 4.84 Å². The first kappa shape index (κ1) is 22.7. The molecule has 1 aliphatic heterocycles. The molecule has 1 aliphatic rings. The molecule has 0 aliphatic carbocycles. The number of allylic oxidation sites excluding steroid dienone is 1. The first-order valence-corrected chi connectivity index (χ1v) is 11.1. The van der Waals surface area contributed by atoms with E-state index in [1.54, 1.807) is 0 Å². The molecule has 2 heteroatoms. The highest BCUT2D eigenvalue weighted by Crippen LogP contribution is 2.34. The van der Waals surface area contributed by atoms with Crippen molar-refractivity contribution in [3.63, 3.8) is 0 Å². The van der Waals surface area contributed by atoms with E-state index in [0.29, 0.717) is 6.10 Å². The summed E-state index contributed by atoms with van der Waals surface area (Å²) in [5, 5.41) is 0. The van der Waals surface area contributed by atoms with Gasteiger partial charge in [0.25, 0.3) is 0 Å². The van der Waals surface area contributed by atoms with Gasteiger partial charge in [0.15, 0.2) is 0 Å². The molecule has 1 rings (SSSR count). The normalized spacial score (nSPS) is 24.1. The summed E-state index contributed by atoms with van der Waals surface area (Å²) in [6.45, 7) is 13.5. The molecule has 1 heterocycles. The Hall–Kier alpha value is -0.340. The fourth-order valence-corrected chi connectivity index (χ4v) is 3.91. The molecule has 3 unspecified atom stereocenters. The number of hydrogen-bond acceptors (Lipinski definition) is 2. The largest absolute Gasteiger partial charge is 0.296 e. The molecule has 0 amide bonds. The molecular formula is C23H45NO. The van der Waals surface area contributed by atoms with Crippen LogP contribution in [0.2, 0.25) is 0 Å².